The van der Waals surface area contributed by atoms with Crippen LogP contribution in [0.25, 0.3) is 6.08 Å². The van der Waals surface area contributed by atoms with Gasteiger partial charge in [-0.15, -0.1) is 0 Å². The third-order valence-electron chi connectivity index (χ3n) is 5.69. The van der Waals surface area contributed by atoms with E-state index in [1.54, 1.807) is 18.5 Å². The highest BCUT2D eigenvalue weighted by Crippen LogP contribution is 2.17. The van der Waals surface area contributed by atoms with Crippen LogP contribution in [0.4, 0.5) is 5.82 Å². The van der Waals surface area contributed by atoms with Gasteiger partial charge in [0.05, 0.1) is 24.6 Å². The molecule has 0 saturated carbocycles. The summed E-state index contributed by atoms with van der Waals surface area (Å²) < 4.78 is 11.3. The van der Waals surface area contributed by atoms with E-state index in [1.807, 2.05) is 12.1 Å². The molecule has 9 nitrogen and oxygen atoms in total. The fourth-order valence-electron chi connectivity index (χ4n) is 3.92. The molecule has 1 amide bonds. The number of ether oxygens (including phenoxy) is 2. The number of aromatic nitrogens is 2. The summed E-state index contributed by atoms with van der Waals surface area (Å²) in [6.07, 6.45) is 11.2. The van der Waals surface area contributed by atoms with Gasteiger partial charge in [-0.3, -0.25) is 14.7 Å². The fourth-order valence-corrected chi connectivity index (χ4v) is 3.92. The predicted octanol–water partition coefficient (Wildman–Crippen LogP) is 3.15. The molecule has 0 spiro atoms. The summed E-state index contributed by atoms with van der Waals surface area (Å²) in [6, 6.07) is 8.29. The number of rotatable bonds is 11. The Morgan fingerprint density at radius 2 is 2.09 bits per heavy atom. The lowest BCUT2D eigenvalue weighted by Crippen LogP contribution is -2.32. The van der Waals surface area contributed by atoms with E-state index in [-0.39, 0.29) is 12.2 Å². The molecular weight excluding hydrogens is 434 g/mol. The lowest BCUT2D eigenvalue weighted by atomic mass is 10.2. The van der Waals surface area contributed by atoms with E-state index in [2.05, 4.69) is 37.8 Å². The lowest BCUT2D eigenvalue weighted by Gasteiger charge is -2.21. The van der Waals surface area contributed by atoms with Gasteiger partial charge in [-0.1, -0.05) is 12.1 Å². The van der Waals surface area contributed by atoms with Crippen LogP contribution in [0.5, 0.6) is 5.75 Å². The molecule has 182 valence electrons. The molecule has 2 saturated heterocycles. The molecule has 2 aromatic rings. The maximum atomic E-state index is 11.9. The van der Waals surface area contributed by atoms with Gasteiger partial charge in [-0.2, -0.15) is 0 Å². The number of hydrogen-bond donors (Lipinski definition) is 2. The SMILES string of the molecule is O=C(C=Cc1cnc(NCCOc2cccc(CN3CCCC3)c2)cn1)NOC1CCCCO1. The first-order valence-corrected chi connectivity index (χ1v) is 12.0. The molecule has 4 rings (SSSR count). The van der Waals surface area contributed by atoms with Gasteiger partial charge in [0.2, 0.25) is 0 Å². The van der Waals surface area contributed by atoms with Gasteiger partial charge in [0.1, 0.15) is 18.2 Å². The number of nitrogens with one attached hydrogen (secondary N) is 2. The second-order valence-corrected chi connectivity index (χ2v) is 8.45. The predicted molar refractivity (Wildman–Crippen MR) is 129 cm³/mol. The zero-order chi connectivity index (χ0) is 23.4. The lowest BCUT2D eigenvalue weighted by molar-refractivity contribution is -0.198. The molecule has 0 bridgehead atoms. The van der Waals surface area contributed by atoms with Gasteiger partial charge < -0.3 is 14.8 Å². The molecule has 0 radical (unpaired) electrons. The Balaban J connectivity index is 1.13. The van der Waals surface area contributed by atoms with E-state index >= 15 is 0 Å². The number of carbonyl (C=O) groups excluding carboxylic acids is 1. The van der Waals surface area contributed by atoms with Crippen LogP contribution >= 0.6 is 0 Å². The third-order valence-corrected chi connectivity index (χ3v) is 5.69. The fraction of sp³-hybridized carbons (Fsp3) is 0.480. The number of likely N-dealkylation sites (tertiary alicyclic amines) is 1. The smallest absolute Gasteiger partial charge is 0.267 e. The molecule has 9 heteroatoms. The topological polar surface area (TPSA) is 97.8 Å². The molecule has 0 aliphatic carbocycles. The monoisotopic (exact) mass is 467 g/mol. The summed E-state index contributed by atoms with van der Waals surface area (Å²) in [7, 11) is 0. The van der Waals surface area contributed by atoms with E-state index in [9.17, 15) is 4.79 Å². The van der Waals surface area contributed by atoms with Gasteiger partial charge in [-0.25, -0.2) is 15.3 Å². The van der Waals surface area contributed by atoms with E-state index in [0.29, 0.717) is 31.3 Å². The first-order valence-electron chi connectivity index (χ1n) is 12.0. The van der Waals surface area contributed by atoms with Crippen LogP contribution in [0, 0.1) is 0 Å². The first-order chi connectivity index (χ1) is 16.7. The maximum Gasteiger partial charge on any atom is 0.267 e. The summed E-state index contributed by atoms with van der Waals surface area (Å²) in [5.74, 6) is 1.15. The molecule has 2 aliphatic heterocycles. The van der Waals surface area contributed by atoms with E-state index in [0.717, 1.165) is 31.6 Å². The number of hydroxylamine groups is 1. The van der Waals surface area contributed by atoms with Gasteiger partial charge in [0.15, 0.2) is 6.29 Å². The van der Waals surface area contributed by atoms with Gasteiger partial charge >= 0.3 is 0 Å². The van der Waals surface area contributed by atoms with Crippen molar-refractivity contribution in [3.63, 3.8) is 0 Å². The van der Waals surface area contributed by atoms with Crippen molar-refractivity contribution in [3.8, 4) is 5.75 Å². The Morgan fingerprint density at radius 1 is 1.18 bits per heavy atom. The minimum Gasteiger partial charge on any atom is -0.492 e. The normalized spacial score (nSPS) is 18.8. The van der Waals surface area contributed by atoms with E-state index in [1.165, 1.54) is 37.6 Å². The van der Waals surface area contributed by atoms with Gasteiger partial charge in [0.25, 0.3) is 5.91 Å². The molecule has 2 fully saturated rings. The Bertz CT molecular complexity index is 925. The van der Waals surface area contributed by atoms with Crippen LogP contribution in [0.3, 0.4) is 0 Å². The molecule has 2 N–H and O–H groups in total. The van der Waals surface area contributed by atoms with Crippen molar-refractivity contribution in [2.45, 2.75) is 44.9 Å². The van der Waals surface area contributed by atoms with Crippen LogP contribution in [0.1, 0.15) is 43.4 Å². The van der Waals surface area contributed by atoms with E-state index in [4.69, 9.17) is 14.3 Å². The standard InChI is InChI=1S/C25H33N5O4/c31-24(29-34-25-8-1-4-14-33-25)10-9-21-17-28-23(18-27-21)26-11-15-32-22-7-5-6-20(16-22)19-30-12-2-3-13-30/h5-7,9-10,16-18,25H,1-4,8,11-15,19H2,(H,26,28)(H,29,31). The van der Waals surface area contributed by atoms with Crippen molar-refractivity contribution in [2.24, 2.45) is 0 Å². The van der Waals surface area contributed by atoms with Gasteiger partial charge in [0, 0.05) is 25.6 Å². The highest BCUT2D eigenvalue weighted by Gasteiger charge is 2.15. The molecule has 1 aromatic carbocycles. The van der Waals surface area contributed by atoms with Crippen LogP contribution < -0.4 is 15.5 Å². The number of hydrogen-bond acceptors (Lipinski definition) is 8. The van der Waals surface area contributed by atoms with Crippen LogP contribution in [-0.4, -0.2) is 59.9 Å². The second kappa shape index (κ2) is 13.0. The Kier molecular flexibility index (Phi) is 9.24. The molecule has 2 aliphatic rings. The highest BCUT2D eigenvalue weighted by molar-refractivity contribution is 5.90. The number of amides is 1. The van der Waals surface area contributed by atoms with Crippen molar-refractivity contribution >= 4 is 17.8 Å². The van der Waals surface area contributed by atoms with E-state index < -0.39 is 0 Å². The Morgan fingerprint density at radius 3 is 2.88 bits per heavy atom. The summed E-state index contributed by atoms with van der Waals surface area (Å²) >= 11 is 0. The zero-order valence-electron chi connectivity index (χ0n) is 19.4. The minimum atomic E-state index is -0.376. The van der Waals surface area contributed by atoms with Crippen LogP contribution in [-0.2, 0) is 20.9 Å². The molecule has 34 heavy (non-hydrogen) atoms. The largest absolute Gasteiger partial charge is 0.492 e. The number of carbonyl (C=O) groups is 1. The quantitative estimate of drug-likeness (QED) is 0.296. The number of anilines is 1. The van der Waals surface area contributed by atoms with Crippen molar-refractivity contribution in [3.05, 3.63) is 54.0 Å². The van der Waals surface area contributed by atoms with Gasteiger partial charge in [-0.05, 0) is 62.5 Å². The summed E-state index contributed by atoms with van der Waals surface area (Å²) in [6.45, 7) is 5.12. The summed E-state index contributed by atoms with van der Waals surface area (Å²) in [5.41, 5.74) is 4.23. The molecule has 1 aromatic heterocycles. The van der Waals surface area contributed by atoms with Crippen molar-refractivity contribution in [1.82, 2.24) is 20.3 Å². The minimum absolute atomic E-state index is 0.375. The average Bonchev–Trinajstić information content (AvgIpc) is 3.39. The van der Waals surface area contributed by atoms with Crippen molar-refractivity contribution < 1.29 is 19.1 Å². The van der Waals surface area contributed by atoms with Crippen molar-refractivity contribution in [2.75, 3.05) is 38.2 Å². The zero-order valence-corrected chi connectivity index (χ0v) is 19.4. The summed E-state index contributed by atoms with van der Waals surface area (Å²) in [4.78, 5) is 28.2. The third kappa shape index (κ3) is 8.09. The van der Waals surface area contributed by atoms with Crippen LogP contribution in [0.2, 0.25) is 0 Å². The van der Waals surface area contributed by atoms with Crippen LogP contribution in [0.15, 0.2) is 42.7 Å². The number of nitrogens with zero attached hydrogens (tertiary/aromatic N) is 3. The molecule has 3 heterocycles. The molecule has 1 unspecified atom stereocenters. The Labute approximate surface area is 200 Å². The number of benzene rings is 1. The van der Waals surface area contributed by atoms with Crippen molar-refractivity contribution in [1.29, 1.82) is 0 Å². The second-order valence-electron chi connectivity index (χ2n) is 8.45. The Hall–Kier alpha value is -3.01. The molecule has 1 atom stereocenters. The highest BCUT2D eigenvalue weighted by atomic mass is 16.8. The average molecular weight is 468 g/mol. The maximum absolute atomic E-state index is 11.9. The molecular formula is C25H33N5O4. The summed E-state index contributed by atoms with van der Waals surface area (Å²) in [5, 5.41) is 3.19. The first kappa shape index (κ1) is 24.1.